The van der Waals surface area contributed by atoms with Gasteiger partial charge in [-0.05, 0) is 63.9 Å². The van der Waals surface area contributed by atoms with E-state index in [-0.39, 0.29) is 11.9 Å². The molecule has 0 bridgehead atoms. The number of aromatic nitrogens is 1. The lowest BCUT2D eigenvalue weighted by Gasteiger charge is -2.36. The van der Waals surface area contributed by atoms with Gasteiger partial charge >= 0.3 is 5.97 Å². The van der Waals surface area contributed by atoms with Gasteiger partial charge in [-0.2, -0.15) is 0 Å². The maximum atomic E-state index is 12.8. The predicted molar refractivity (Wildman–Crippen MR) is 162 cm³/mol. The van der Waals surface area contributed by atoms with Crippen molar-refractivity contribution >= 4 is 45.7 Å². The molecule has 1 aliphatic heterocycles. The minimum Gasteiger partial charge on any atom is -0.460 e. The van der Waals surface area contributed by atoms with Crippen molar-refractivity contribution in [2.24, 2.45) is 5.73 Å². The number of anilines is 3. The molecular formula is C32H41N5O4. The quantitative estimate of drug-likeness (QED) is 0.238. The van der Waals surface area contributed by atoms with Crippen LogP contribution < -0.4 is 16.0 Å². The van der Waals surface area contributed by atoms with Crippen LogP contribution in [-0.4, -0.2) is 59.4 Å². The molecule has 218 valence electrons. The van der Waals surface area contributed by atoms with E-state index >= 15 is 0 Å². The number of carbonyl (C=O) groups excluding carboxylic acids is 3. The first-order valence-corrected chi connectivity index (χ1v) is 14.4. The topological polar surface area (TPSA) is 118 Å². The molecule has 3 N–H and O–H groups in total. The van der Waals surface area contributed by atoms with E-state index in [4.69, 9.17) is 10.5 Å². The number of hydrogen-bond acceptors (Lipinski definition) is 7. The summed E-state index contributed by atoms with van der Waals surface area (Å²) in [4.78, 5) is 45.5. The van der Waals surface area contributed by atoms with Gasteiger partial charge in [0.1, 0.15) is 5.60 Å². The maximum absolute atomic E-state index is 12.8. The Hall–Kier alpha value is -4.14. The highest BCUT2D eigenvalue weighted by molar-refractivity contribution is 6.08. The van der Waals surface area contributed by atoms with Gasteiger partial charge in [0.25, 0.3) is 5.91 Å². The normalized spacial score (nSPS) is 13.7. The molecule has 1 aliphatic rings. The molecule has 0 saturated carbocycles. The van der Waals surface area contributed by atoms with Crippen LogP contribution in [0, 0.1) is 0 Å². The van der Waals surface area contributed by atoms with Gasteiger partial charge in [0.05, 0.1) is 16.8 Å². The number of nitrogens with two attached hydrogens (primary N) is 1. The fourth-order valence-electron chi connectivity index (χ4n) is 5.03. The van der Waals surface area contributed by atoms with Gasteiger partial charge in [0, 0.05) is 62.0 Å². The summed E-state index contributed by atoms with van der Waals surface area (Å²) in [5.41, 5.74) is 8.83. The first kappa shape index (κ1) is 29.8. The Balaban J connectivity index is 1.31. The van der Waals surface area contributed by atoms with Crippen LogP contribution in [0.25, 0.3) is 10.9 Å². The lowest BCUT2D eigenvalue weighted by atomic mass is 10.1. The van der Waals surface area contributed by atoms with Crippen LogP contribution in [0.15, 0.2) is 54.7 Å². The Morgan fingerprint density at radius 2 is 1.61 bits per heavy atom. The number of pyridine rings is 1. The number of benzene rings is 2. The summed E-state index contributed by atoms with van der Waals surface area (Å²) in [6.45, 7) is 8.37. The SMILES string of the molecule is CC(C)(C)OC(=O)CCCCCCC(=O)N1CCN(c2ccc3ncc(C(N)=O)c(Nc4ccccc4)c3c2)CC1. The molecule has 1 saturated heterocycles. The first-order chi connectivity index (χ1) is 19.6. The van der Waals surface area contributed by atoms with Crippen molar-refractivity contribution in [1.82, 2.24) is 9.88 Å². The molecule has 0 atom stereocenters. The van der Waals surface area contributed by atoms with Crippen LogP contribution in [0.2, 0.25) is 0 Å². The second-order valence-electron chi connectivity index (χ2n) is 11.5. The lowest BCUT2D eigenvalue weighted by molar-refractivity contribution is -0.155. The zero-order chi connectivity index (χ0) is 29.4. The smallest absolute Gasteiger partial charge is 0.306 e. The molecule has 2 amide bonds. The summed E-state index contributed by atoms with van der Waals surface area (Å²) >= 11 is 0. The van der Waals surface area contributed by atoms with E-state index in [0.29, 0.717) is 37.2 Å². The number of primary amides is 1. The van der Waals surface area contributed by atoms with Gasteiger partial charge in [-0.1, -0.05) is 31.0 Å². The minimum atomic E-state index is -0.543. The number of carbonyl (C=O) groups is 3. The fraction of sp³-hybridized carbons (Fsp3) is 0.438. The number of hydrogen-bond donors (Lipinski definition) is 2. The van der Waals surface area contributed by atoms with Crippen LogP contribution in [0.3, 0.4) is 0 Å². The van der Waals surface area contributed by atoms with Crippen molar-refractivity contribution in [3.8, 4) is 0 Å². The Morgan fingerprint density at radius 3 is 2.27 bits per heavy atom. The molecule has 3 aromatic rings. The summed E-state index contributed by atoms with van der Waals surface area (Å²) in [5, 5.41) is 4.17. The molecule has 4 rings (SSSR count). The minimum absolute atomic E-state index is 0.161. The highest BCUT2D eigenvalue weighted by Gasteiger charge is 2.22. The van der Waals surface area contributed by atoms with Gasteiger partial charge in [0.15, 0.2) is 0 Å². The number of para-hydroxylation sites is 1. The Kier molecular flexibility index (Phi) is 9.81. The van der Waals surface area contributed by atoms with Crippen LogP contribution >= 0.6 is 0 Å². The van der Waals surface area contributed by atoms with Crippen molar-refractivity contribution in [1.29, 1.82) is 0 Å². The molecule has 9 nitrogen and oxygen atoms in total. The standard InChI is InChI=1S/C32H41N5O4/c1-32(2,3)41-29(39)14-10-5-4-9-13-28(38)37-19-17-36(18-20-37)24-15-16-27-25(21-24)30(26(22-34-27)31(33)40)35-23-11-7-6-8-12-23/h6-8,11-12,15-16,21-22H,4-5,9-10,13-14,17-20H2,1-3H3,(H2,33,40)(H,34,35). The highest BCUT2D eigenvalue weighted by Crippen LogP contribution is 2.32. The monoisotopic (exact) mass is 559 g/mol. The molecular weight excluding hydrogens is 518 g/mol. The fourth-order valence-corrected chi connectivity index (χ4v) is 5.03. The summed E-state index contributed by atoms with van der Waals surface area (Å²) in [6, 6.07) is 15.7. The summed E-state index contributed by atoms with van der Waals surface area (Å²) in [5.74, 6) is -0.524. The third-order valence-corrected chi connectivity index (χ3v) is 7.10. The second-order valence-corrected chi connectivity index (χ2v) is 11.5. The summed E-state index contributed by atoms with van der Waals surface area (Å²) in [6.07, 6.45) is 5.91. The van der Waals surface area contributed by atoms with E-state index in [0.717, 1.165) is 61.1 Å². The number of nitrogens with one attached hydrogen (secondary N) is 1. The second kappa shape index (κ2) is 13.5. The number of piperazine rings is 1. The van der Waals surface area contributed by atoms with Crippen LogP contribution in [0.4, 0.5) is 17.1 Å². The van der Waals surface area contributed by atoms with Gasteiger partial charge < -0.3 is 25.6 Å². The zero-order valence-electron chi connectivity index (χ0n) is 24.3. The predicted octanol–water partition coefficient (Wildman–Crippen LogP) is 5.41. The average molecular weight is 560 g/mol. The Morgan fingerprint density at radius 1 is 0.927 bits per heavy atom. The van der Waals surface area contributed by atoms with Crippen molar-refractivity contribution in [2.75, 3.05) is 36.4 Å². The molecule has 1 aromatic heterocycles. The van der Waals surface area contributed by atoms with Crippen molar-refractivity contribution in [3.63, 3.8) is 0 Å². The number of rotatable bonds is 11. The van der Waals surface area contributed by atoms with Gasteiger partial charge in [-0.15, -0.1) is 0 Å². The first-order valence-electron chi connectivity index (χ1n) is 14.4. The molecule has 9 heteroatoms. The van der Waals surface area contributed by atoms with Crippen molar-refractivity contribution in [2.45, 2.75) is 64.9 Å². The molecule has 2 heterocycles. The third-order valence-electron chi connectivity index (χ3n) is 7.10. The van der Waals surface area contributed by atoms with Crippen LogP contribution in [0.5, 0.6) is 0 Å². The average Bonchev–Trinajstić information content (AvgIpc) is 2.94. The van der Waals surface area contributed by atoms with Gasteiger partial charge in [-0.25, -0.2) is 0 Å². The maximum Gasteiger partial charge on any atom is 0.306 e. The molecule has 41 heavy (non-hydrogen) atoms. The van der Waals surface area contributed by atoms with E-state index in [1.54, 1.807) is 0 Å². The van der Waals surface area contributed by atoms with Crippen LogP contribution in [-0.2, 0) is 14.3 Å². The summed E-state index contributed by atoms with van der Waals surface area (Å²) < 4.78 is 5.34. The van der Waals surface area contributed by atoms with Gasteiger partial charge in [-0.3, -0.25) is 19.4 Å². The van der Waals surface area contributed by atoms with E-state index in [2.05, 4.69) is 15.2 Å². The van der Waals surface area contributed by atoms with E-state index in [9.17, 15) is 14.4 Å². The Bertz CT molecular complexity index is 1360. The number of ether oxygens (including phenoxy) is 1. The van der Waals surface area contributed by atoms with Crippen molar-refractivity contribution < 1.29 is 19.1 Å². The van der Waals surface area contributed by atoms with E-state index < -0.39 is 11.5 Å². The van der Waals surface area contributed by atoms with Crippen molar-refractivity contribution in [3.05, 3.63) is 60.3 Å². The largest absolute Gasteiger partial charge is 0.460 e. The molecule has 0 radical (unpaired) electrons. The molecule has 2 aromatic carbocycles. The lowest BCUT2D eigenvalue weighted by Crippen LogP contribution is -2.48. The summed E-state index contributed by atoms with van der Waals surface area (Å²) in [7, 11) is 0. The van der Waals surface area contributed by atoms with Gasteiger partial charge in [0.2, 0.25) is 5.91 Å². The number of fused-ring (bicyclic) bond motifs is 1. The number of esters is 1. The van der Waals surface area contributed by atoms with E-state index in [1.807, 2.05) is 74.2 Å². The number of amides is 2. The molecule has 0 spiro atoms. The number of nitrogens with zero attached hydrogens (tertiary/aromatic N) is 3. The Labute approximate surface area is 242 Å². The van der Waals surface area contributed by atoms with Crippen LogP contribution in [0.1, 0.15) is 69.7 Å². The molecule has 0 unspecified atom stereocenters. The highest BCUT2D eigenvalue weighted by atomic mass is 16.6. The zero-order valence-corrected chi connectivity index (χ0v) is 24.3. The van der Waals surface area contributed by atoms with E-state index in [1.165, 1.54) is 6.20 Å². The molecule has 0 aliphatic carbocycles. The number of unbranched alkanes of at least 4 members (excludes halogenated alkanes) is 3. The third kappa shape index (κ3) is 8.42. The molecule has 1 fully saturated rings.